The molecule has 6 heteroatoms. The molecule has 2 aromatic heterocycles. The van der Waals surface area contributed by atoms with Gasteiger partial charge in [-0.05, 0) is 0 Å². The molecule has 3 aromatic carbocycles. The molecule has 27 heavy (non-hydrogen) atoms. The molecule has 0 aliphatic carbocycles. The third-order valence-electron chi connectivity index (χ3n) is 4.59. The van der Waals surface area contributed by atoms with Gasteiger partial charge in [0.1, 0.15) is 0 Å². The molecule has 2 heterocycles. The predicted octanol–water partition coefficient (Wildman–Crippen LogP) is 5.68. The zero-order valence-corrected chi connectivity index (χ0v) is 15.5. The van der Waals surface area contributed by atoms with Crippen LogP contribution in [0.5, 0.6) is 0 Å². The van der Waals surface area contributed by atoms with Gasteiger partial charge in [-0.1, -0.05) is 0 Å². The van der Waals surface area contributed by atoms with Crippen LogP contribution < -0.4 is 0 Å². The van der Waals surface area contributed by atoms with Gasteiger partial charge in [-0.3, -0.25) is 0 Å². The van der Waals surface area contributed by atoms with Gasteiger partial charge < -0.3 is 0 Å². The second-order valence-electron chi connectivity index (χ2n) is 6.24. The number of hydrogen-bond donors (Lipinski definition) is 0. The van der Waals surface area contributed by atoms with Crippen LogP contribution in [0, 0.1) is 0 Å². The molecule has 2 nitrogen and oxygen atoms in total. The molecule has 5 aromatic rings. The normalized spacial score (nSPS) is 12.3. The van der Waals surface area contributed by atoms with Crippen molar-refractivity contribution in [2.45, 2.75) is 6.18 Å². The minimum absolute atomic E-state index is 0.00190. The maximum absolute atomic E-state index is 13.9. The number of nitrogens with zero attached hydrogens (tertiary/aromatic N) is 2. The van der Waals surface area contributed by atoms with Gasteiger partial charge in [0.05, 0.1) is 0 Å². The van der Waals surface area contributed by atoms with Crippen LogP contribution in [-0.4, -0.2) is 24.5 Å². The first-order valence-corrected chi connectivity index (χ1v) is 9.96. The first-order valence-electron chi connectivity index (χ1n) is 8.25. The van der Waals surface area contributed by atoms with Gasteiger partial charge in [0, 0.05) is 0 Å². The van der Waals surface area contributed by atoms with Crippen molar-refractivity contribution in [2.24, 2.45) is 0 Å². The Kier molecular flexibility index (Phi) is 3.61. The van der Waals surface area contributed by atoms with Crippen molar-refractivity contribution >= 4 is 45.8 Å². The van der Waals surface area contributed by atoms with Crippen molar-refractivity contribution in [1.29, 1.82) is 0 Å². The van der Waals surface area contributed by atoms with Gasteiger partial charge in [0.2, 0.25) is 0 Å². The van der Waals surface area contributed by atoms with Crippen LogP contribution in [0.2, 0.25) is 0 Å². The molecule has 0 radical (unpaired) electrons. The van der Waals surface area contributed by atoms with Gasteiger partial charge in [0.25, 0.3) is 0 Å². The Balaban J connectivity index is 1.91. The summed E-state index contributed by atoms with van der Waals surface area (Å²) >= 11 is 0.00190. The van der Waals surface area contributed by atoms with E-state index in [1.54, 1.807) is 24.3 Å². The van der Waals surface area contributed by atoms with Crippen molar-refractivity contribution in [3.8, 4) is 10.1 Å². The van der Waals surface area contributed by atoms with E-state index in [2.05, 4.69) is 16.0 Å². The van der Waals surface area contributed by atoms with Crippen molar-refractivity contribution < 1.29 is 13.2 Å². The zero-order valence-electron chi connectivity index (χ0n) is 13.8. The number of fused-ring (bicyclic) bond motifs is 3. The molecule has 0 spiro atoms. The van der Waals surface area contributed by atoms with Crippen LogP contribution in [0.4, 0.5) is 13.2 Å². The van der Waals surface area contributed by atoms with E-state index in [1.807, 2.05) is 24.3 Å². The fourth-order valence-corrected chi connectivity index (χ4v) is 5.70. The van der Waals surface area contributed by atoms with E-state index in [-0.39, 0.29) is 25.4 Å². The van der Waals surface area contributed by atoms with Crippen LogP contribution in [0.1, 0.15) is 5.56 Å². The van der Waals surface area contributed by atoms with Crippen LogP contribution >= 0.6 is 0 Å². The van der Waals surface area contributed by atoms with Crippen LogP contribution in [-0.2, 0) is 6.18 Å². The molecule has 0 saturated heterocycles. The molecular formula is C21H11F3N2Se. The minimum atomic E-state index is -4.50. The number of rotatable bonds is 1. The summed E-state index contributed by atoms with van der Waals surface area (Å²) in [6.45, 7) is 0. The number of alkyl halides is 3. The zero-order chi connectivity index (χ0) is 18.6. The van der Waals surface area contributed by atoms with Crippen molar-refractivity contribution in [1.82, 2.24) is 9.97 Å². The number of aromatic nitrogens is 2. The predicted molar refractivity (Wildman–Crippen MR) is 102 cm³/mol. The van der Waals surface area contributed by atoms with Gasteiger partial charge >= 0.3 is 158 Å². The Bertz CT molecular complexity index is 1290. The van der Waals surface area contributed by atoms with Crippen molar-refractivity contribution in [2.75, 3.05) is 0 Å². The fourth-order valence-electron chi connectivity index (χ4n) is 3.45. The SMILES string of the molecule is FC(F)(F)c1c2ccccc2cc2c(-c3cc4ccccc4[se]3)ncnc12. The maximum atomic E-state index is 13.9. The van der Waals surface area contributed by atoms with E-state index >= 15 is 0 Å². The molecule has 0 amide bonds. The monoisotopic (exact) mass is 428 g/mol. The summed E-state index contributed by atoms with van der Waals surface area (Å²) < 4.78 is 43.9. The van der Waals surface area contributed by atoms with Crippen molar-refractivity contribution in [3.05, 3.63) is 72.6 Å². The molecular weight excluding hydrogens is 416 g/mol. The molecule has 5 rings (SSSR count). The van der Waals surface area contributed by atoms with Crippen LogP contribution in [0.3, 0.4) is 0 Å². The Labute approximate surface area is 158 Å². The molecule has 0 aliphatic heterocycles. The van der Waals surface area contributed by atoms with E-state index in [9.17, 15) is 13.2 Å². The summed E-state index contributed by atoms with van der Waals surface area (Å²) in [5, 5.41) is 2.26. The molecule has 0 unspecified atom stereocenters. The summed E-state index contributed by atoms with van der Waals surface area (Å²) in [6, 6.07) is 18.4. The van der Waals surface area contributed by atoms with E-state index < -0.39 is 11.7 Å². The average Bonchev–Trinajstić information content (AvgIpc) is 3.08. The Morgan fingerprint density at radius 2 is 1.52 bits per heavy atom. The summed E-state index contributed by atoms with van der Waals surface area (Å²) in [7, 11) is 0. The molecule has 0 fully saturated rings. The van der Waals surface area contributed by atoms with Crippen molar-refractivity contribution in [3.63, 3.8) is 0 Å². The number of halogens is 3. The third-order valence-corrected chi connectivity index (χ3v) is 6.95. The standard InChI is InChI=1S/C21H11F3N2Se/c22-21(23,24)18-14-7-3-1-5-12(14)9-15-19(25-11-26-20(15)18)17-10-13-6-2-4-8-16(13)27-17/h1-11H. The van der Waals surface area contributed by atoms with E-state index in [1.165, 1.54) is 16.7 Å². The topological polar surface area (TPSA) is 25.8 Å². The van der Waals surface area contributed by atoms with Crippen LogP contribution in [0.25, 0.3) is 41.5 Å². The molecule has 0 aliphatic rings. The third kappa shape index (κ3) is 2.64. The number of hydrogen-bond acceptors (Lipinski definition) is 2. The van der Waals surface area contributed by atoms with Gasteiger partial charge in [0.15, 0.2) is 0 Å². The summed E-state index contributed by atoms with van der Waals surface area (Å²) in [4.78, 5) is 8.40. The first kappa shape index (κ1) is 16.5. The molecule has 132 valence electrons. The Hall–Kier alpha value is -2.69. The average molecular weight is 427 g/mol. The van der Waals surface area contributed by atoms with E-state index in [4.69, 9.17) is 0 Å². The molecule has 0 bridgehead atoms. The fraction of sp³-hybridized carbons (Fsp3) is 0.0476. The second-order valence-corrected chi connectivity index (χ2v) is 8.51. The summed E-state index contributed by atoms with van der Waals surface area (Å²) in [5.74, 6) is 0. The van der Waals surface area contributed by atoms with Gasteiger partial charge in [-0.15, -0.1) is 0 Å². The molecule has 0 saturated carbocycles. The first-order chi connectivity index (χ1) is 13.0. The Morgan fingerprint density at radius 3 is 2.30 bits per heavy atom. The van der Waals surface area contributed by atoms with Gasteiger partial charge in [-0.2, -0.15) is 0 Å². The summed E-state index contributed by atoms with van der Waals surface area (Å²) in [6.07, 6.45) is -3.26. The number of benzene rings is 3. The molecule has 0 N–H and O–H groups in total. The van der Waals surface area contributed by atoms with E-state index in [0.29, 0.717) is 16.5 Å². The quantitative estimate of drug-likeness (QED) is 0.254. The van der Waals surface area contributed by atoms with E-state index in [0.717, 1.165) is 9.82 Å². The second kappa shape index (κ2) is 5.91. The molecule has 0 atom stereocenters. The Morgan fingerprint density at radius 1 is 0.778 bits per heavy atom. The van der Waals surface area contributed by atoms with Crippen LogP contribution in [0.15, 0.2) is 67.0 Å². The van der Waals surface area contributed by atoms with Gasteiger partial charge in [-0.25, -0.2) is 0 Å². The summed E-state index contributed by atoms with van der Waals surface area (Å²) in [5.41, 5.74) is -0.144.